The van der Waals surface area contributed by atoms with Crippen LogP contribution in [-0.4, -0.2) is 29.1 Å². The van der Waals surface area contributed by atoms with Crippen LogP contribution in [0.1, 0.15) is 18.5 Å². The van der Waals surface area contributed by atoms with E-state index in [2.05, 4.69) is 22.6 Å². The highest BCUT2D eigenvalue weighted by molar-refractivity contribution is 8.00. The second-order valence-corrected chi connectivity index (χ2v) is 5.41. The van der Waals surface area contributed by atoms with Crippen LogP contribution in [0.5, 0.6) is 0 Å². The maximum atomic E-state index is 4.30. The Morgan fingerprint density at radius 3 is 2.93 bits per heavy atom. The molecule has 1 aromatic rings. The molecule has 2 rings (SSSR count). The number of rotatable bonds is 6. The highest BCUT2D eigenvalue weighted by Crippen LogP contribution is 2.46. The first-order valence-electron chi connectivity index (χ1n) is 5.50. The van der Waals surface area contributed by atoms with E-state index >= 15 is 0 Å². The van der Waals surface area contributed by atoms with Crippen LogP contribution in [0.2, 0.25) is 0 Å². The van der Waals surface area contributed by atoms with Gasteiger partial charge in [-0.25, -0.2) is 0 Å². The molecular weight excluding hydrogens is 204 g/mol. The maximum absolute atomic E-state index is 4.30. The average molecular weight is 222 g/mol. The van der Waals surface area contributed by atoms with Gasteiger partial charge in [0.05, 0.1) is 0 Å². The summed E-state index contributed by atoms with van der Waals surface area (Å²) in [6.45, 7) is 2.19. The minimum absolute atomic E-state index is 0.574. The summed E-state index contributed by atoms with van der Waals surface area (Å²) in [4.78, 5) is 4.30. The Hall–Kier alpha value is -0.540. The van der Waals surface area contributed by atoms with Crippen molar-refractivity contribution in [1.82, 2.24) is 10.3 Å². The number of nitrogens with zero attached hydrogens (tertiary/aromatic N) is 1. The normalized spacial score (nSPS) is 17.7. The Bertz CT molecular complexity index is 296. The van der Waals surface area contributed by atoms with Crippen LogP contribution in [0.25, 0.3) is 0 Å². The molecule has 1 aromatic heterocycles. The van der Waals surface area contributed by atoms with E-state index in [0.29, 0.717) is 4.75 Å². The van der Waals surface area contributed by atoms with Gasteiger partial charge in [-0.15, -0.1) is 0 Å². The Morgan fingerprint density at radius 2 is 2.33 bits per heavy atom. The van der Waals surface area contributed by atoms with Crippen LogP contribution in [0.15, 0.2) is 24.4 Å². The Balaban J connectivity index is 1.63. The van der Waals surface area contributed by atoms with E-state index < -0.39 is 0 Å². The fraction of sp³-hybridized carbons (Fsp3) is 0.583. The molecule has 0 spiro atoms. The topological polar surface area (TPSA) is 24.9 Å². The molecule has 0 radical (unpaired) electrons. The molecular formula is C12H18N2S. The van der Waals surface area contributed by atoms with Crippen molar-refractivity contribution in [2.45, 2.75) is 24.0 Å². The zero-order valence-electron chi connectivity index (χ0n) is 9.20. The summed E-state index contributed by atoms with van der Waals surface area (Å²) in [5.74, 6) is 0. The van der Waals surface area contributed by atoms with Crippen molar-refractivity contribution in [2.24, 2.45) is 0 Å². The zero-order chi connectivity index (χ0) is 10.6. The molecule has 0 aromatic carbocycles. The third kappa shape index (κ3) is 3.21. The summed E-state index contributed by atoms with van der Waals surface area (Å²) in [5.41, 5.74) is 1.18. The van der Waals surface area contributed by atoms with E-state index in [1.54, 1.807) is 0 Å². The number of thioether (sulfide) groups is 1. The smallest absolute Gasteiger partial charge is 0.0416 e. The predicted octanol–water partition coefficient (Wildman–Crippen LogP) is 2.11. The van der Waals surface area contributed by atoms with Gasteiger partial charge in [-0.1, -0.05) is 6.07 Å². The first-order chi connectivity index (χ1) is 7.35. The molecule has 0 saturated heterocycles. The SMILES string of the molecule is CSC1(CNCCc2ccccn2)CC1. The minimum Gasteiger partial charge on any atom is -0.315 e. The lowest BCUT2D eigenvalue weighted by Gasteiger charge is -2.12. The van der Waals surface area contributed by atoms with Crippen LogP contribution < -0.4 is 5.32 Å². The van der Waals surface area contributed by atoms with Gasteiger partial charge >= 0.3 is 0 Å². The monoisotopic (exact) mass is 222 g/mol. The van der Waals surface area contributed by atoms with Gasteiger partial charge in [0.1, 0.15) is 0 Å². The lowest BCUT2D eigenvalue weighted by atomic mass is 10.2. The molecule has 0 bridgehead atoms. The second kappa shape index (κ2) is 4.99. The maximum Gasteiger partial charge on any atom is 0.0416 e. The molecule has 1 heterocycles. The van der Waals surface area contributed by atoms with Crippen molar-refractivity contribution < 1.29 is 0 Å². The van der Waals surface area contributed by atoms with E-state index in [1.807, 2.05) is 30.1 Å². The molecule has 82 valence electrons. The van der Waals surface area contributed by atoms with Gasteiger partial charge in [0.15, 0.2) is 0 Å². The molecule has 3 heteroatoms. The van der Waals surface area contributed by atoms with E-state index in [9.17, 15) is 0 Å². The fourth-order valence-electron chi connectivity index (χ4n) is 1.67. The van der Waals surface area contributed by atoms with Crippen molar-refractivity contribution in [3.63, 3.8) is 0 Å². The minimum atomic E-state index is 0.574. The largest absolute Gasteiger partial charge is 0.315 e. The van der Waals surface area contributed by atoms with Crippen molar-refractivity contribution in [1.29, 1.82) is 0 Å². The van der Waals surface area contributed by atoms with Gasteiger partial charge in [0.25, 0.3) is 0 Å². The lowest BCUT2D eigenvalue weighted by molar-refractivity contribution is 0.655. The van der Waals surface area contributed by atoms with Gasteiger partial charge < -0.3 is 5.32 Å². The van der Waals surface area contributed by atoms with Gasteiger partial charge in [-0.3, -0.25) is 4.98 Å². The van der Waals surface area contributed by atoms with Gasteiger partial charge in [0.2, 0.25) is 0 Å². The zero-order valence-corrected chi connectivity index (χ0v) is 10.0. The van der Waals surface area contributed by atoms with Crippen LogP contribution in [0.3, 0.4) is 0 Å². The number of pyridine rings is 1. The number of hydrogen-bond donors (Lipinski definition) is 1. The van der Waals surface area contributed by atoms with Gasteiger partial charge in [0, 0.05) is 36.1 Å². The number of hydrogen-bond acceptors (Lipinski definition) is 3. The molecule has 1 aliphatic carbocycles. The Labute approximate surface area is 95.9 Å². The number of aromatic nitrogens is 1. The van der Waals surface area contributed by atoms with Crippen LogP contribution in [0, 0.1) is 0 Å². The van der Waals surface area contributed by atoms with Gasteiger partial charge in [-0.05, 0) is 31.2 Å². The van der Waals surface area contributed by atoms with Crippen LogP contribution >= 0.6 is 11.8 Å². The first-order valence-corrected chi connectivity index (χ1v) is 6.73. The summed E-state index contributed by atoms with van der Waals surface area (Å²) >= 11 is 2.01. The molecule has 1 N–H and O–H groups in total. The summed E-state index contributed by atoms with van der Waals surface area (Å²) in [5, 5.41) is 3.53. The quantitative estimate of drug-likeness (QED) is 0.746. The third-order valence-electron chi connectivity index (χ3n) is 2.97. The van der Waals surface area contributed by atoms with Crippen molar-refractivity contribution in [2.75, 3.05) is 19.3 Å². The molecule has 1 aliphatic rings. The van der Waals surface area contributed by atoms with Crippen molar-refractivity contribution in [3.05, 3.63) is 30.1 Å². The summed E-state index contributed by atoms with van der Waals surface area (Å²) in [6, 6.07) is 6.10. The average Bonchev–Trinajstić information content (AvgIpc) is 3.07. The Kier molecular flexibility index (Phi) is 3.65. The summed E-state index contributed by atoms with van der Waals surface area (Å²) < 4.78 is 0.574. The second-order valence-electron chi connectivity index (χ2n) is 4.13. The predicted molar refractivity (Wildman–Crippen MR) is 66.3 cm³/mol. The summed E-state index contributed by atoms with van der Waals surface area (Å²) in [6.07, 6.45) is 7.87. The number of nitrogens with one attached hydrogen (secondary N) is 1. The van der Waals surface area contributed by atoms with Gasteiger partial charge in [-0.2, -0.15) is 11.8 Å². The standard InChI is InChI=1S/C12H18N2S/c1-15-12(6-7-12)10-13-9-5-11-4-2-3-8-14-11/h2-4,8,13H,5-7,9-10H2,1H3. The molecule has 0 atom stereocenters. The highest BCUT2D eigenvalue weighted by Gasteiger charge is 2.41. The molecule has 15 heavy (non-hydrogen) atoms. The summed E-state index contributed by atoms with van der Waals surface area (Å²) in [7, 11) is 0. The third-order valence-corrected chi connectivity index (χ3v) is 4.39. The molecule has 0 unspecified atom stereocenters. The van der Waals surface area contributed by atoms with Crippen LogP contribution in [0.4, 0.5) is 0 Å². The molecule has 0 aliphatic heterocycles. The molecule has 2 nitrogen and oxygen atoms in total. The molecule has 1 fully saturated rings. The van der Waals surface area contributed by atoms with Crippen LogP contribution in [-0.2, 0) is 6.42 Å². The molecule has 1 saturated carbocycles. The van der Waals surface area contributed by atoms with E-state index in [1.165, 1.54) is 18.5 Å². The van der Waals surface area contributed by atoms with E-state index in [-0.39, 0.29) is 0 Å². The van der Waals surface area contributed by atoms with E-state index in [0.717, 1.165) is 19.5 Å². The van der Waals surface area contributed by atoms with Crippen molar-refractivity contribution >= 4 is 11.8 Å². The van der Waals surface area contributed by atoms with E-state index in [4.69, 9.17) is 0 Å². The first kappa shape index (κ1) is 11.0. The molecule has 0 amide bonds. The lowest BCUT2D eigenvalue weighted by Crippen LogP contribution is -2.27. The highest BCUT2D eigenvalue weighted by atomic mass is 32.2. The van der Waals surface area contributed by atoms with Crippen molar-refractivity contribution in [3.8, 4) is 0 Å². The fourth-order valence-corrected chi connectivity index (χ4v) is 2.43. The Morgan fingerprint density at radius 1 is 1.47 bits per heavy atom.